The molecule has 9 nitrogen and oxygen atoms in total. The van der Waals surface area contributed by atoms with E-state index in [9.17, 15) is 26.7 Å². The van der Waals surface area contributed by atoms with Gasteiger partial charge in [0.1, 0.15) is 29.4 Å². The van der Waals surface area contributed by atoms with Crippen LogP contribution in [-0.4, -0.2) is 47.0 Å². The summed E-state index contributed by atoms with van der Waals surface area (Å²) < 4.78 is 70.2. The number of halogens is 5. The summed E-state index contributed by atoms with van der Waals surface area (Å²) >= 11 is 0. The van der Waals surface area contributed by atoms with Crippen molar-refractivity contribution in [1.82, 2.24) is 34.3 Å². The molecule has 196 valence electrons. The van der Waals surface area contributed by atoms with Gasteiger partial charge in [0.25, 0.3) is 0 Å². The first-order valence-corrected chi connectivity index (χ1v) is 11.7. The van der Waals surface area contributed by atoms with Crippen molar-refractivity contribution < 1.29 is 22.0 Å². The Balaban J connectivity index is 1.52. The Kier molecular flexibility index (Phi) is 5.61. The molecule has 5 aromatic rings. The van der Waals surface area contributed by atoms with Crippen LogP contribution in [0.4, 0.5) is 27.8 Å². The summed E-state index contributed by atoms with van der Waals surface area (Å²) in [6.45, 7) is -1.12. The number of nitrogens with one attached hydrogen (secondary N) is 2. The van der Waals surface area contributed by atoms with Crippen LogP contribution in [0.3, 0.4) is 0 Å². The first-order chi connectivity index (χ1) is 18.2. The number of rotatable bonds is 7. The third-order valence-corrected chi connectivity index (χ3v) is 6.26. The smallest absolute Gasteiger partial charge is 0.368 e. The predicted octanol–water partition coefficient (Wildman–Crippen LogP) is 4.24. The van der Waals surface area contributed by atoms with E-state index in [0.29, 0.717) is 22.6 Å². The lowest BCUT2D eigenvalue weighted by molar-refractivity contribution is -0.140. The SMILES string of the molecule is O=c1[nH]c2nc(-c3nn(Cc4ccccc4F)c4ncc(F)cc34)nc(NCC3CC3)c2n1CC(F)(F)F. The number of nitrogens with zero attached hydrogens (tertiary/aromatic N) is 6. The van der Waals surface area contributed by atoms with E-state index in [-0.39, 0.29) is 46.1 Å². The average Bonchev–Trinajstić information content (AvgIpc) is 3.55. The highest BCUT2D eigenvalue weighted by Gasteiger charge is 2.32. The second kappa shape index (κ2) is 8.89. The van der Waals surface area contributed by atoms with Gasteiger partial charge in [0.15, 0.2) is 22.9 Å². The van der Waals surface area contributed by atoms with E-state index in [2.05, 4.69) is 30.4 Å². The number of fused-ring (bicyclic) bond motifs is 2. The average molecular weight is 530 g/mol. The molecule has 1 aliphatic carbocycles. The molecule has 4 aromatic heterocycles. The number of imidazole rings is 1. The number of anilines is 1. The van der Waals surface area contributed by atoms with E-state index < -0.39 is 30.0 Å². The normalized spacial score (nSPS) is 14.0. The molecule has 0 saturated heterocycles. The van der Waals surface area contributed by atoms with Crippen molar-refractivity contribution in [3.8, 4) is 11.5 Å². The lowest BCUT2D eigenvalue weighted by atomic mass is 10.2. The Morgan fingerprint density at radius 1 is 1.13 bits per heavy atom. The highest BCUT2D eigenvalue weighted by molar-refractivity contribution is 5.92. The minimum Gasteiger partial charge on any atom is -0.368 e. The Hall–Kier alpha value is -4.36. The van der Waals surface area contributed by atoms with E-state index >= 15 is 0 Å². The van der Waals surface area contributed by atoms with Crippen molar-refractivity contribution in [2.24, 2.45) is 5.92 Å². The fraction of sp³-hybridized carbons (Fsp3) is 0.292. The molecule has 4 heterocycles. The van der Waals surface area contributed by atoms with Gasteiger partial charge in [0.05, 0.1) is 18.1 Å². The number of hydrogen-bond acceptors (Lipinski definition) is 6. The summed E-state index contributed by atoms with van der Waals surface area (Å²) in [5.41, 5.74) is -0.653. The van der Waals surface area contributed by atoms with Crippen LogP contribution >= 0.6 is 0 Å². The molecule has 0 spiro atoms. The van der Waals surface area contributed by atoms with Gasteiger partial charge in [0.2, 0.25) is 0 Å². The largest absolute Gasteiger partial charge is 0.406 e. The first kappa shape index (κ1) is 24.0. The monoisotopic (exact) mass is 530 g/mol. The minimum absolute atomic E-state index is 0.0145. The van der Waals surface area contributed by atoms with Crippen molar-refractivity contribution in [2.75, 3.05) is 11.9 Å². The summed E-state index contributed by atoms with van der Waals surface area (Å²) in [4.78, 5) is 27.6. The van der Waals surface area contributed by atoms with Gasteiger partial charge in [-0.1, -0.05) is 18.2 Å². The molecule has 0 bridgehead atoms. The van der Waals surface area contributed by atoms with Crippen molar-refractivity contribution in [3.05, 3.63) is 64.2 Å². The zero-order valence-electron chi connectivity index (χ0n) is 19.6. The second-order valence-corrected chi connectivity index (χ2v) is 9.17. The molecule has 1 fully saturated rings. The van der Waals surface area contributed by atoms with Gasteiger partial charge >= 0.3 is 11.9 Å². The molecule has 0 amide bonds. The molecule has 0 aliphatic heterocycles. The molecule has 14 heteroatoms. The quantitative estimate of drug-likeness (QED) is 0.305. The maximum atomic E-state index is 14.3. The zero-order chi connectivity index (χ0) is 26.6. The van der Waals surface area contributed by atoms with Crippen LogP contribution in [0, 0.1) is 17.6 Å². The number of pyridine rings is 1. The van der Waals surface area contributed by atoms with E-state index in [1.54, 1.807) is 18.2 Å². The Morgan fingerprint density at radius 3 is 2.66 bits per heavy atom. The number of H-pyrrole nitrogens is 1. The van der Waals surface area contributed by atoms with Crippen LogP contribution < -0.4 is 11.0 Å². The van der Waals surface area contributed by atoms with E-state index in [0.717, 1.165) is 19.0 Å². The fourth-order valence-corrected chi connectivity index (χ4v) is 4.29. The summed E-state index contributed by atoms with van der Waals surface area (Å²) in [7, 11) is 0. The van der Waals surface area contributed by atoms with E-state index in [4.69, 9.17) is 0 Å². The topological polar surface area (TPSA) is 106 Å². The Morgan fingerprint density at radius 2 is 1.92 bits per heavy atom. The summed E-state index contributed by atoms with van der Waals surface area (Å²) in [5.74, 6) is -0.847. The fourth-order valence-electron chi connectivity index (χ4n) is 4.29. The van der Waals surface area contributed by atoms with Gasteiger partial charge in [-0.25, -0.2) is 33.2 Å². The third-order valence-electron chi connectivity index (χ3n) is 6.26. The van der Waals surface area contributed by atoms with Crippen LogP contribution in [-0.2, 0) is 13.1 Å². The van der Waals surface area contributed by atoms with Crippen LogP contribution in [0.5, 0.6) is 0 Å². The number of alkyl halides is 3. The third kappa shape index (κ3) is 4.57. The molecule has 2 N–H and O–H groups in total. The van der Waals surface area contributed by atoms with Crippen molar-refractivity contribution in [3.63, 3.8) is 0 Å². The molecule has 0 atom stereocenters. The zero-order valence-corrected chi connectivity index (χ0v) is 19.6. The summed E-state index contributed by atoms with van der Waals surface area (Å²) in [5, 5.41) is 7.73. The maximum absolute atomic E-state index is 14.3. The van der Waals surface area contributed by atoms with Crippen molar-refractivity contribution in [1.29, 1.82) is 0 Å². The van der Waals surface area contributed by atoms with Crippen LogP contribution in [0.2, 0.25) is 0 Å². The van der Waals surface area contributed by atoms with Gasteiger partial charge in [0, 0.05) is 12.1 Å². The highest BCUT2D eigenvalue weighted by Crippen LogP contribution is 2.32. The summed E-state index contributed by atoms with van der Waals surface area (Å²) in [6, 6.07) is 7.25. The number of aromatic nitrogens is 7. The molecule has 1 aliphatic rings. The predicted molar refractivity (Wildman–Crippen MR) is 127 cm³/mol. The Labute approximate surface area is 210 Å². The van der Waals surface area contributed by atoms with Gasteiger partial charge in [-0.15, -0.1) is 0 Å². The van der Waals surface area contributed by atoms with Gasteiger partial charge in [-0.3, -0.25) is 9.55 Å². The van der Waals surface area contributed by atoms with Crippen LogP contribution in [0.15, 0.2) is 41.3 Å². The van der Waals surface area contributed by atoms with Crippen LogP contribution in [0.25, 0.3) is 33.7 Å². The Bertz CT molecular complexity index is 1730. The molecule has 0 radical (unpaired) electrons. The molecule has 0 unspecified atom stereocenters. The van der Waals surface area contributed by atoms with E-state index in [1.165, 1.54) is 16.8 Å². The van der Waals surface area contributed by atoms with Gasteiger partial charge < -0.3 is 5.32 Å². The molecule has 6 rings (SSSR count). The van der Waals surface area contributed by atoms with E-state index in [1.807, 2.05) is 0 Å². The highest BCUT2D eigenvalue weighted by atomic mass is 19.4. The summed E-state index contributed by atoms with van der Waals surface area (Å²) in [6.07, 6.45) is -1.73. The van der Waals surface area contributed by atoms with Gasteiger partial charge in [-0.2, -0.15) is 18.3 Å². The molecule has 1 saturated carbocycles. The maximum Gasteiger partial charge on any atom is 0.406 e. The molecule has 1 aromatic carbocycles. The lowest BCUT2D eigenvalue weighted by Crippen LogP contribution is -2.26. The van der Waals surface area contributed by atoms with Crippen LogP contribution in [0.1, 0.15) is 18.4 Å². The second-order valence-electron chi connectivity index (χ2n) is 9.17. The molecular formula is C24H19F5N8O. The first-order valence-electron chi connectivity index (χ1n) is 11.7. The minimum atomic E-state index is -4.66. The van der Waals surface area contributed by atoms with Crippen molar-refractivity contribution in [2.45, 2.75) is 32.1 Å². The number of hydrogen-bond donors (Lipinski definition) is 2. The van der Waals surface area contributed by atoms with Crippen molar-refractivity contribution >= 4 is 28.0 Å². The number of aromatic amines is 1. The molecular weight excluding hydrogens is 511 g/mol. The number of benzene rings is 1. The van der Waals surface area contributed by atoms with Gasteiger partial charge in [-0.05, 0) is 30.9 Å². The lowest BCUT2D eigenvalue weighted by Gasteiger charge is -2.12. The molecule has 38 heavy (non-hydrogen) atoms. The standard InChI is InChI=1S/C24H19F5N8O/c25-14-7-15-17(35-37(22(15)31-9-14)10-13-3-1-2-4-16(13)26)19-32-20(30-8-12-5-6-12)18-21(33-19)34-23(38)36(18)11-24(27,28)29/h1-4,7,9,12H,5-6,8,10-11H2,(H2,30,32,33,34,38).